The third-order valence-electron chi connectivity index (χ3n) is 4.20. The molecule has 1 aromatic carbocycles. The molecule has 0 saturated heterocycles. The predicted octanol–water partition coefficient (Wildman–Crippen LogP) is 4.05. The minimum Gasteiger partial charge on any atom is -0.369 e. The summed E-state index contributed by atoms with van der Waals surface area (Å²) in [7, 11) is 1.93. The van der Waals surface area contributed by atoms with Crippen molar-refractivity contribution in [1.29, 1.82) is 0 Å². The Kier molecular flexibility index (Phi) is 4.19. The first-order valence-corrected chi connectivity index (χ1v) is 9.09. The first kappa shape index (κ1) is 15.8. The van der Waals surface area contributed by atoms with Gasteiger partial charge in [0.2, 0.25) is 0 Å². The number of fused-ring (bicyclic) bond motifs is 1. The Balaban J connectivity index is 1.62. The van der Waals surface area contributed by atoms with Crippen molar-refractivity contribution >= 4 is 27.4 Å². The van der Waals surface area contributed by atoms with E-state index < -0.39 is 0 Å². The van der Waals surface area contributed by atoms with Gasteiger partial charge in [-0.05, 0) is 24.5 Å². The second-order valence-electron chi connectivity index (χ2n) is 6.12. The number of thiophene rings is 1. The van der Waals surface area contributed by atoms with E-state index in [1.54, 1.807) is 17.7 Å². The fourth-order valence-electron chi connectivity index (χ4n) is 2.88. The lowest BCUT2D eigenvalue weighted by Gasteiger charge is -2.08. The van der Waals surface area contributed by atoms with Crippen LogP contribution in [0.1, 0.15) is 11.1 Å². The van der Waals surface area contributed by atoms with Gasteiger partial charge in [0, 0.05) is 30.7 Å². The lowest BCUT2D eigenvalue weighted by Crippen LogP contribution is -2.06. The Morgan fingerprint density at radius 1 is 1.16 bits per heavy atom. The SMILES string of the molecule is Cc1ccc(-c2csc3ncnc(NCCc4cnn(C)c4)c23)cc1. The van der Waals surface area contributed by atoms with Crippen molar-refractivity contribution < 1.29 is 0 Å². The Labute approximate surface area is 150 Å². The average molecular weight is 349 g/mol. The molecule has 5 nitrogen and oxygen atoms in total. The van der Waals surface area contributed by atoms with Gasteiger partial charge in [0.05, 0.1) is 11.6 Å². The zero-order chi connectivity index (χ0) is 17.2. The molecule has 6 heteroatoms. The van der Waals surface area contributed by atoms with E-state index in [1.165, 1.54) is 22.3 Å². The molecule has 0 bridgehead atoms. The summed E-state index contributed by atoms with van der Waals surface area (Å²) >= 11 is 1.66. The van der Waals surface area contributed by atoms with Crippen LogP contribution in [0.3, 0.4) is 0 Å². The maximum atomic E-state index is 4.48. The number of nitrogens with zero attached hydrogens (tertiary/aromatic N) is 4. The molecule has 0 amide bonds. The lowest BCUT2D eigenvalue weighted by atomic mass is 10.0. The van der Waals surface area contributed by atoms with Crippen molar-refractivity contribution in [2.75, 3.05) is 11.9 Å². The minimum atomic E-state index is 0.807. The molecule has 25 heavy (non-hydrogen) atoms. The monoisotopic (exact) mass is 349 g/mol. The molecule has 0 atom stereocenters. The van der Waals surface area contributed by atoms with E-state index >= 15 is 0 Å². The summed E-state index contributed by atoms with van der Waals surface area (Å²) in [6, 6.07) is 8.59. The highest BCUT2D eigenvalue weighted by Crippen LogP contribution is 2.36. The summed E-state index contributed by atoms with van der Waals surface area (Å²) in [6.45, 7) is 2.91. The molecular formula is C19H19N5S. The normalized spacial score (nSPS) is 11.1. The van der Waals surface area contributed by atoms with E-state index in [0.717, 1.165) is 29.0 Å². The summed E-state index contributed by atoms with van der Waals surface area (Å²) in [4.78, 5) is 9.92. The standard InChI is InChI=1S/C19H19N5S/c1-13-3-5-15(6-4-13)16-11-25-19-17(16)18(21-12-22-19)20-8-7-14-9-23-24(2)10-14/h3-6,9-12H,7-8H2,1-2H3,(H,20,21,22). The summed E-state index contributed by atoms with van der Waals surface area (Å²) in [5, 5.41) is 10.9. The number of benzene rings is 1. The van der Waals surface area contributed by atoms with Crippen LogP contribution in [0.15, 0.2) is 48.4 Å². The van der Waals surface area contributed by atoms with Crippen molar-refractivity contribution in [2.24, 2.45) is 7.05 Å². The van der Waals surface area contributed by atoms with Crippen LogP contribution < -0.4 is 5.32 Å². The zero-order valence-corrected chi connectivity index (χ0v) is 15.0. The first-order chi connectivity index (χ1) is 12.2. The largest absolute Gasteiger partial charge is 0.369 e. The molecule has 0 aliphatic heterocycles. The molecule has 0 spiro atoms. The zero-order valence-electron chi connectivity index (χ0n) is 14.2. The van der Waals surface area contributed by atoms with E-state index in [4.69, 9.17) is 0 Å². The van der Waals surface area contributed by atoms with Crippen LogP contribution in [-0.4, -0.2) is 26.3 Å². The molecule has 1 N–H and O–H groups in total. The highest BCUT2D eigenvalue weighted by Gasteiger charge is 2.12. The van der Waals surface area contributed by atoms with Crippen LogP contribution in [0, 0.1) is 6.92 Å². The molecule has 126 valence electrons. The van der Waals surface area contributed by atoms with Gasteiger partial charge >= 0.3 is 0 Å². The molecule has 0 unspecified atom stereocenters. The fourth-order valence-corrected chi connectivity index (χ4v) is 3.80. The summed E-state index contributed by atoms with van der Waals surface area (Å²) < 4.78 is 1.83. The Bertz CT molecular complexity index is 1000. The van der Waals surface area contributed by atoms with Gasteiger partial charge in [-0.15, -0.1) is 11.3 Å². The topological polar surface area (TPSA) is 55.6 Å². The Hall–Kier alpha value is -2.73. The minimum absolute atomic E-state index is 0.807. The second-order valence-corrected chi connectivity index (χ2v) is 6.97. The van der Waals surface area contributed by atoms with Crippen LogP contribution in [0.4, 0.5) is 5.82 Å². The van der Waals surface area contributed by atoms with Crippen LogP contribution >= 0.6 is 11.3 Å². The van der Waals surface area contributed by atoms with Gasteiger partial charge in [-0.2, -0.15) is 5.10 Å². The number of hydrogen-bond acceptors (Lipinski definition) is 5. The molecule has 3 aromatic heterocycles. The van der Waals surface area contributed by atoms with E-state index in [9.17, 15) is 0 Å². The Morgan fingerprint density at radius 3 is 2.76 bits per heavy atom. The molecule has 0 fully saturated rings. The van der Waals surface area contributed by atoms with E-state index in [1.807, 2.05) is 24.1 Å². The molecule has 3 heterocycles. The highest BCUT2D eigenvalue weighted by molar-refractivity contribution is 7.17. The number of anilines is 1. The van der Waals surface area contributed by atoms with Crippen LogP contribution in [0.5, 0.6) is 0 Å². The molecular weight excluding hydrogens is 330 g/mol. The maximum absolute atomic E-state index is 4.48. The van der Waals surface area contributed by atoms with Gasteiger partial charge < -0.3 is 5.32 Å². The third kappa shape index (κ3) is 3.25. The van der Waals surface area contributed by atoms with Gasteiger partial charge in [-0.1, -0.05) is 29.8 Å². The summed E-state index contributed by atoms with van der Waals surface area (Å²) in [5.74, 6) is 0.894. The van der Waals surface area contributed by atoms with Gasteiger partial charge in [-0.3, -0.25) is 4.68 Å². The van der Waals surface area contributed by atoms with Gasteiger partial charge in [-0.25, -0.2) is 9.97 Å². The summed E-state index contributed by atoms with van der Waals surface area (Å²) in [6.07, 6.45) is 6.48. The van der Waals surface area contributed by atoms with Crippen molar-refractivity contribution in [2.45, 2.75) is 13.3 Å². The second kappa shape index (κ2) is 6.64. The van der Waals surface area contributed by atoms with Gasteiger partial charge in [0.15, 0.2) is 0 Å². The Morgan fingerprint density at radius 2 is 2.00 bits per heavy atom. The van der Waals surface area contributed by atoms with Gasteiger partial charge in [0.25, 0.3) is 0 Å². The predicted molar refractivity (Wildman–Crippen MR) is 103 cm³/mol. The van der Waals surface area contributed by atoms with Crippen LogP contribution in [0.25, 0.3) is 21.3 Å². The third-order valence-corrected chi connectivity index (χ3v) is 5.08. The smallest absolute Gasteiger partial charge is 0.138 e. The van der Waals surface area contributed by atoms with Crippen molar-refractivity contribution in [3.63, 3.8) is 0 Å². The number of rotatable bonds is 5. The first-order valence-electron chi connectivity index (χ1n) is 8.21. The molecule has 0 saturated carbocycles. The van der Waals surface area contributed by atoms with Crippen molar-refractivity contribution in [3.05, 3.63) is 59.5 Å². The number of aromatic nitrogens is 4. The average Bonchev–Trinajstić information content (AvgIpc) is 3.22. The molecule has 0 radical (unpaired) electrons. The maximum Gasteiger partial charge on any atom is 0.138 e. The van der Waals surface area contributed by atoms with Gasteiger partial charge in [0.1, 0.15) is 17.0 Å². The van der Waals surface area contributed by atoms with Crippen molar-refractivity contribution in [1.82, 2.24) is 19.7 Å². The van der Waals surface area contributed by atoms with Crippen molar-refractivity contribution in [3.8, 4) is 11.1 Å². The van der Waals surface area contributed by atoms with Crippen LogP contribution in [0.2, 0.25) is 0 Å². The van der Waals surface area contributed by atoms with E-state index in [-0.39, 0.29) is 0 Å². The highest BCUT2D eigenvalue weighted by atomic mass is 32.1. The molecule has 0 aliphatic rings. The summed E-state index contributed by atoms with van der Waals surface area (Å²) in [5.41, 5.74) is 4.85. The van der Waals surface area contributed by atoms with E-state index in [0.29, 0.717) is 0 Å². The fraction of sp³-hybridized carbons (Fsp3) is 0.211. The number of aryl methyl sites for hydroxylation is 2. The van der Waals surface area contributed by atoms with Crippen LogP contribution in [-0.2, 0) is 13.5 Å². The molecule has 4 rings (SSSR count). The molecule has 4 aromatic rings. The number of nitrogens with one attached hydrogen (secondary N) is 1. The number of hydrogen-bond donors (Lipinski definition) is 1. The molecule has 0 aliphatic carbocycles. The quantitative estimate of drug-likeness (QED) is 0.590. The lowest BCUT2D eigenvalue weighted by molar-refractivity contribution is 0.767. The van der Waals surface area contributed by atoms with E-state index in [2.05, 4.69) is 57.0 Å².